The van der Waals surface area contributed by atoms with E-state index in [4.69, 9.17) is 10.00 Å². The number of β-amino-alcohol motifs (C(OH)–C–C–N with tert-alkyl or cyclic N) is 1. The second-order valence-corrected chi connectivity index (χ2v) is 9.21. The standard InChI is InChI=1S/C26H33N3O2/c1-19-23-12-24(16-28(15-23)14-22-6-4-3-5-7-22)20(2)29(19)17-25(30)18-31-26-10-8-21(13-27)9-11-26/h3-11,19-20,23-25,30H,12,14-18H2,1-2H3/t19?,20?,23?,24?,25-/m0/s1. The third-order valence-corrected chi connectivity index (χ3v) is 7.10. The number of aliphatic hydroxyl groups excluding tert-OH is 1. The van der Waals surface area contributed by atoms with E-state index in [1.54, 1.807) is 24.3 Å². The summed E-state index contributed by atoms with van der Waals surface area (Å²) in [6.45, 7) is 8.78. The Morgan fingerprint density at radius 2 is 1.68 bits per heavy atom. The number of benzene rings is 2. The molecule has 0 aliphatic carbocycles. The fourth-order valence-electron chi connectivity index (χ4n) is 5.30. The van der Waals surface area contributed by atoms with Crippen LogP contribution in [0.3, 0.4) is 0 Å². The lowest BCUT2D eigenvalue weighted by Crippen LogP contribution is -2.61. The van der Waals surface area contributed by atoms with Gasteiger partial charge >= 0.3 is 0 Å². The van der Waals surface area contributed by atoms with Crippen LogP contribution >= 0.6 is 0 Å². The zero-order chi connectivity index (χ0) is 21.8. The highest BCUT2D eigenvalue weighted by Gasteiger charge is 2.43. The number of nitriles is 1. The van der Waals surface area contributed by atoms with Crippen molar-refractivity contribution in [2.45, 2.75) is 45.0 Å². The molecule has 0 saturated carbocycles. The molecule has 2 heterocycles. The van der Waals surface area contributed by atoms with Gasteiger partial charge in [0.1, 0.15) is 18.5 Å². The normalized spacial score (nSPS) is 27.4. The van der Waals surface area contributed by atoms with Gasteiger partial charge in [-0.05, 0) is 61.9 Å². The van der Waals surface area contributed by atoms with Crippen LogP contribution in [-0.2, 0) is 6.54 Å². The Morgan fingerprint density at radius 1 is 1.03 bits per heavy atom. The summed E-state index contributed by atoms with van der Waals surface area (Å²) < 4.78 is 5.76. The summed E-state index contributed by atoms with van der Waals surface area (Å²) >= 11 is 0. The summed E-state index contributed by atoms with van der Waals surface area (Å²) in [5.74, 6) is 1.95. The van der Waals surface area contributed by atoms with Crippen molar-refractivity contribution in [1.82, 2.24) is 9.80 Å². The maximum absolute atomic E-state index is 10.7. The molecule has 2 saturated heterocycles. The molecule has 0 aromatic heterocycles. The first-order valence-electron chi connectivity index (χ1n) is 11.4. The van der Waals surface area contributed by atoms with Gasteiger partial charge in [-0.1, -0.05) is 30.3 Å². The van der Waals surface area contributed by atoms with Crippen molar-refractivity contribution in [3.63, 3.8) is 0 Å². The Bertz CT molecular complexity index is 862. The number of fused-ring (bicyclic) bond motifs is 2. The SMILES string of the molecule is CC1C2CC(CN(Cc3ccccc3)C2)C(C)N1C[C@H](O)COc1ccc(C#N)cc1. The van der Waals surface area contributed by atoms with E-state index in [1.807, 2.05) is 0 Å². The number of hydrogen-bond donors (Lipinski definition) is 1. The smallest absolute Gasteiger partial charge is 0.119 e. The maximum Gasteiger partial charge on any atom is 0.119 e. The van der Waals surface area contributed by atoms with Crippen LogP contribution in [0.5, 0.6) is 5.75 Å². The van der Waals surface area contributed by atoms with Gasteiger partial charge in [-0.25, -0.2) is 0 Å². The van der Waals surface area contributed by atoms with E-state index in [0.717, 1.165) is 19.6 Å². The van der Waals surface area contributed by atoms with Crippen LogP contribution in [0, 0.1) is 23.2 Å². The van der Waals surface area contributed by atoms with Gasteiger partial charge < -0.3 is 9.84 Å². The highest BCUT2D eigenvalue weighted by Crippen LogP contribution is 2.37. The minimum Gasteiger partial charge on any atom is -0.491 e. The van der Waals surface area contributed by atoms with Crippen LogP contribution in [0.15, 0.2) is 54.6 Å². The van der Waals surface area contributed by atoms with Crippen LogP contribution in [0.4, 0.5) is 0 Å². The molecule has 2 aromatic carbocycles. The van der Waals surface area contributed by atoms with Gasteiger partial charge in [0.05, 0.1) is 11.6 Å². The molecule has 4 rings (SSSR count). The molecule has 5 heteroatoms. The Labute approximate surface area is 185 Å². The minimum absolute atomic E-state index is 0.261. The topological polar surface area (TPSA) is 59.7 Å². The van der Waals surface area contributed by atoms with Crippen molar-refractivity contribution < 1.29 is 9.84 Å². The molecule has 1 N–H and O–H groups in total. The quantitative estimate of drug-likeness (QED) is 0.744. The van der Waals surface area contributed by atoms with Crippen molar-refractivity contribution in [3.05, 3.63) is 65.7 Å². The van der Waals surface area contributed by atoms with Crippen molar-refractivity contribution in [2.75, 3.05) is 26.2 Å². The van der Waals surface area contributed by atoms with Crippen LogP contribution in [-0.4, -0.2) is 59.3 Å². The second-order valence-electron chi connectivity index (χ2n) is 9.21. The average Bonchev–Trinajstić information content (AvgIpc) is 2.80. The summed E-state index contributed by atoms with van der Waals surface area (Å²) in [6.07, 6.45) is 0.738. The second kappa shape index (κ2) is 9.82. The fourth-order valence-corrected chi connectivity index (χ4v) is 5.30. The van der Waals surface area contributed by atoms with E-state index in [0.29, 0.717) is 41.8 Å². The molecule has 0 amide bonds. The van der Waals surface area contributed by atoms with Crippen molar-refractivity contribution in [2.24, 2.45) is 11.8 Å². The average molecular weight is 420 g/mol. The largest absolute Gasteiger partial charge is 0.491 e. The monoisotopic (exact) mass is 419 g/mol. The summed E-state index contributed by atoms with van der Waals surface area (Å²) in [5, 5.41) is 19.6. The van der Waals surface area contributed by atoms with Gasteiger partial charge in [0.15, 0.2) is 0 Å². The third-order valence-electron chi connectivity index (χ3n) is 7.10. The first-order chi connectivity index (χ1) is 15.0. The molecule has 2 aromatic rings. The summed E-state index contributed by atoms with van der Waals surface area (Å²) in [5.41, 5.74) is 1.99. The molecule has 2 aliphatic rings. The van der Waals surface area contributed by atoms with Gasteiger partial charge in [0.2, 0.25) is 0 Å². The zero-order valence-corrected chi connectivity index (χ0v) is 18.5. The molecule has 2 fully saturated rings. The predicted octanol–water partition coefficient (Wildman–Crippen LogP) is 3.53. The van der Waals surface area contributed by atoms with Gasteiger partial charge in [0.25, 0.3) is 0 Å². The van der Waals surface area contributed by atoms with Crippen LogP contribution < -0.4 is 4.74 Å². The lowest BCUT2D eigenvalue weighted by Gasteiger charge is -2.54. The summed E-state index contributed by atoms with van der Waals surface area (Å²) in [6, 6.07) is 20.8. The molecule has 4 unspecified atom stereocenters. The Hall–Kier alpha value is -2.39. The Morgan fingerprint density at radius 3 is 2.29 bits per heavy atom. The van der Waals surface area contributed by atoms with E-state index in [9.17, 15) is 5.11 Å². The van der Waals surface area contributed by atoms with E-state index in [1.165, 1.54) is 12.0 Å². The van der Waals surface area contributed by atoms with E-state index < -0.39 is 6.10 Å². The molecule has 2 aliphatic heterocycles. The third kappa shape index (κ3) is 5.27. The van der Waals surface area contributed by atoms with E-state index >= 15 is 0 Å². The molecule has 5 atom stereocenters. The molecule has 0 radical (unpaired) electrons. The molecule has 0 spiro atoms. The first-order valence-corrected chi connectivity index (χ1v) is 11.4. The van der Waals surface area contributed by atoms with Crippen LogP contribution in [0.25, 0.3) is 0 Å². The lowest BCUT2D eigenvalue weighted by atomic mass is 9.75. The number of piperidine rings is 2. The molecule has 5 nitrogen and oxygen atoms in total. The van der Waals surface area contributed by atoms with Crippen molar-refractivity contribution >= 4 is 0 Å². The molecular weight excluding hydrogens is 386 g/mol. The maximum atomic E-state index is 10.7. The Balaban J connectivity index is 1.32. The van der Waals surface area contributed by atoms with E-state index in [2.05, 4.69) is 60.0 Å². The summed E-state index contributed by atoms with van der Waals surface area (Å²) in [4.78, 5) is 5.11. The number of nitrogens with zero attached hydrogens (tertiary/aromatic N) is 3. The zero-order valence-electron chi connectivity index (χ0n) is 18.5. The molecule has 2 bridgehead atoms. The highest BCUT2D eigenvalue weighted by molar-refractivity contribution is 5.34. The number of hydrogen-bond acceptors (Lipinski definition) is 5. The number of ether oxygens (including phenoxy) is 1. The minimum atomic E-state index is -0.542. The summed E-state index contributed by atoms with van der Waals surface area (Å²) in [7, 11) is 0. The molecule has 31 heavy (non-hydrogen) atoms. The first kappa shape index (κ1) is 21.8. The number of rotatable bonds is 7. The van der Waals surface area contributed by atoms with Crippen molar-refractivity contribution in [3.8, 4) is 11.8 Å². The van der Waals surface area contributed by atoms with Crippen molar-refractivity contribution in [1.29, 1.82) is 5.26 Å². The Kier molecular flexibility index (Phi) is 6.92. The molecule has 164 valence electrons. The lowest BCUT2D eigenvalue weighted by molar-refractivity contribution is -0.0663. The van der Waals surface area contributed by atoms with Gasteiger partial charge in [-0.15, -0.1) is 0 Å². The van der Waals surface area contributed by atoms with Gasteiger partial charge in [-0.2, -0.15) is 5.26 Å². The molecular formula is C26H33N3O2. The van der Waals surface area contributed by atoms with Crippen LogP contribution in [0.2, 0.25) is 0 Å². The number of likely N-dealkylation sites (tertiary alicyclic amines) is 2. The van der Waals surface area contributed by atoms with Gasteiger partial charge in [0, 0.05) is 38.3 Å². The predicted molar refractivity (Wildman–Crippen MR) is 122 cm³/mol. The fraction of sp³-hybridized carbons (Fsp3) is 0.500. The highest BCUT2D eigenvalue weighted by atomic mass is 16.5. The van der Waals surface area contributed by atoms with E-state index in [-0.39, 0.29) is 6.61 Å². The van der Waals surface area contributed by atoms with Gasteiger partial charge in [-0.3, -0.25) is 9.80 Å². The number of aliphatic hydroxyl groups is 1. The van der Waals surface area contributed by atoms with Crippen LogP contribution in [0.1, 0.15) is 31.4 Å².